The minimum atomic E-state index is 0.855. The zero-order valence-electron chi connectivity index (χ0n) is 15.6. The molecule has 1 aliphatic rings. The zero-order valence-corrected chi connectivity index (χ0v) is 16.4. The Hall–Kier alpha value is -2.54. The maximum atomic E-state index is 6.11. The third-order valence-corrected chi connectivity index (χ3v) is 6.22. The van der Waals surface area contributed by atoms with E-state index in [0.717, 1.165) is 61.3 Å². The number of fused-ring (bicyclic) bond motifs is 1. The first-order chi connectivity index (χ1) is 13.8. The number of hydrogen-bond acceptors (Lipinski definition) is 6. The van der Waals surface area contributed by atoms with Gasteiger partial charge in [0.1, 0.15) is 5.76 Å². The molecule has 0 N–H and O–H groups in total. The van der Waals surface area contributed by atoms with Gasteiger partial charge in [0.25, 0.3) is 0 Å². The van der Waals surface area contributed by atoms with Crippen molar-refractivity contribution in [3.05, 3.63) is 72.2 Å². The van der Waals surface area contributed by atoms with Gasteiger partial charge < -0.3 is 4.42 Å². The molecule has 0 aliphatic carbocycles. The number of furan rings is 1. The Balaban J connectivity index is 1.19. The first kappa shape index (κ1) is 17.6. The molecular weight excluding hydrogens is 368 g/mol. The topological polar surface area (TPSA) is 45.4 Å². The molecule has 0 atom stereocenters. The van der Waals surface area contributed by atoms with E-state index in [0.29, 0.717) is 0 Å². The lowest BCUT2D eigenvalue weighted by molar-refractivity contribution is 0.116. The van der Waals surface area contributed by atoms with Gasteiger partial charge in [-0.15, -0.1) is 11.3 Å². The van der Waals surface area contributed by atoms with E-state index in [-0.39, 0.29) is 0 Å². The lowest BCUT2D eigenvalue weighted by Gasteiger charge is -2.34. The molecule has 3 aromatic heterocycles. The predicted molar refractivity (Wildman–Crippen MR) is 112 cm³/mol. The Morgan fingerprint density at radius 3 is 2.39 bits per heavy atom. The second kappa shape index (κ2) is 7.83. The number of aromatic nitrogens is 2. The molecule has 0 amide bonds. The van der Waals surface area contributed by atoms with Gasteiger partial charge in [-0.3, -0.25) is 14.8 Å². The molecule has 5 rings (SSSR count). The van der Waals surface area contributed by atoms with Gasteiger partial charge >= 0.3 is 0 Å². The van der Waals surface area contributed by atoms with Gasteiger partial charge in [-0.05, 0) is 42.0 Å². The zero-order chi connectivity index (χ0) is 18.8. The van der Waals surface area contributed by atoms with Crippen LogP contribution in [0.1, 0.15) is 11.3 Å². The van der Waals surface area contributed by atoms with Gasteiger partial charge in [0, 0.05) is 45.1 Å². The highest BCUT2D eigenvalue weighted by Crippen LogP contribution is 2.31. The van der Waals surface area contributed by atoms with Crippen LogP contribution < -0.4 is 0 Å². The number of thiazole rings is 1. The van der Waals surface area contributed by atoms with Crippen molar-refractivity contribution in [1.82, 2.24) is 19.8 Å². The molecule has 6 heteroatoms. The monoisotopic (exact) mass is 390 g/mol. The molecule has 1 aliphatic heterocycles. The van der Waals surface area contributed by atoms with Crippen LogP contribution in [0.25, 0.3) is 21.0 Å². The smallest absolute Gasteiger partial charge is 0.163 e. The molecule has 5 nitrogen and oxygen atoms in total. The summed E-state index contributed by atoms with van der Waals surface area (Å²) in [6.45, 7) is 6.12. The number of hydrogen-bond donors (Lipinski definition) is 0. The Labute approximate surface area is 168 Å². The van der Waals surface area contributed by atoms with Crippen molar-refractivity contribution in [2.24, 2.45) is 0 Å². The van der Waals surface area contributed by atoms with Crippen molar-refractivity contribution >= 4 is 21.6 Å². The highest BCUT2D eigenvalue weighted by Gasteiger charge is 2.19. The number of piperazine rings is 1. The molecule has 1 fully saturated rings. The maximum absolute atomic E-state index is 6.11. The highest BCUT2D eigenvalue weighted by molar-refractivity contribution is 7.21. The van der Waals surface area contributed by atoms with E-state index < -0.39 is 0 Å². The van der Waals surface area contributed by atoms with Crippen LogP contribution in [-0.2, 0) is 13.1 Å². The SMILES string of the molecule is c1ccc2sc(-c3ccc(CN4CCN(Cc5ccncc5)CC4)o3)nc2c1. The molecule has 0 saturated carbocycles. The van der Waals surface area contributed by atoms with E-state index in [2.05, 4.69) is 39.0 Å². The van der Waals surface area contributed by atoms with E-state index in [1.807, 2.05) is 36.7 Å². The van der Waals surface area contributed by atoms with E-state index in [9.17, 15) is 0 Å². The van der Waals surface area contributed by atoms with Crippen molar-refractivity contribution in [2.45, 2.75) is 13.1 Å². The third-order valence-electron chi connectivity index (χ3n) is 5.17. The van der Waals surface area contributed by atoms with Crippen LogP contribution in [0.3, 0.4) is 0 Å². The summed E-state index contributed by atoms with van der Waals surface area (Å²) in [7, 11) is 0. The first-order valence-electron chi connectivity index (χ1n) is 9.62. The Bertz CT molecular complexity index is 1020. The molecule has 0 unspecified atom stereocenters. The van der Waals surface area contributed by atoms with Crippen molar-refractivity contribution in [2.75, 3.05) is 26.2 Å². The quantitative estimate of drug-likeness (QED) is 0.509. The summed E-state index contributed by atoms with van der Waals surface area (Å²) in [4.78, 5) is 13.7. The van der Waals surface area contributed by atoms with Gasteiger partial charge in [-0.25, -0.2) is 4.98 Å². The fraction of sp³-hybridized carbons (Fsp3) is 0.273. The largest absolute Gasteiger partial charge is 0.457 e. The molecule has 0 spiro atoms. The first-order valence-corrected chi connectivity index (χ1v) is 10.4. The molecule has 28 heavy (non-hydrogen) atoms. The summed E-state index contributed by atoms with van der Waals surface area (Å²) in [6, 6.07) is 16.5. The number of para-hydroxylation sites is 1. The second-order valence-corrected chi connectivity index (χ2v) is 8.19. The van der Waals surface area contributed by atoms with Gasteiger partial charge in [0.2, 0.25) is 0 Å². The van der Waals surface area contributed by atoms with E-state index in [1.54, 1.807) is 11.3 Å². The highest BCUT2D eigenvalue weighted by atomic mass is 32.1. The fourth-order valence-corrected chi connectivity index (χ4v) is 4.56. The van der Waals surface area contributed by atoms with Crippen LogP contribution in [0.4, 0.5) is 0 Å². The van der Waals surface area contributed by atoms with Crippen molar-refractivity contribution < 1.29 is 4.42 Å². The lowest BCUT2D eigenvalue weighted by atomic mass is 10.2. The van der Waals surface area contributed by atoms with Crippen LogP contribution in [0.15, 0.2) is 65.3 Å². The summed E-state index contributed by atoms with van der Waals surface area (Å²) in [5.74, 6) is 1.88. The minimum Gasteiger partial charge on any atom is -0.457 e. The van der Waals surface area contributed by atoms with Gasteiger partial charge in [-0.2, -0.15) is 0 Å². The Kier molecular flexibility index (Phi) is 4.91. The molecule has 4 aromatic rings. The number of pyridine rings is 1. The van der Waals surface area contributed by atoms with Crippen molar-refractivity contribution in [1.29, 1.82) is 0 Å². The fourth-order valence-electron chi connectivity index (χ4n) is 3.63. The standard InChI is InChI=1S/C22H22N4OS/c1-2-4-21-19(3-1)24-22(28-21)20-6-5-18(27-20)16-26-13-11-25(12-14-26)15-17-7-9-23-10-8-17/h1-10H,11-16H2. The van der Waals surface area contributed by atoms with E-state index >= 15 is 0 Å². The van der Waals surface area contributed by atoms with Crippen LogP contribution >= 0.6 is 11.3 Å². The normalized spacial score (nSPS) is 16.0. The van der Waals surface area contributed by atoms with E-state index in [4.69, 9.17) is 9.40 Å². The molecule has 1 saturated heterocycles. The predicted octanol–water partition coefficient (Wildman–Crippen LogP) is 4.27. The molecule has 0 bridgehead atoms. The summed E-state index contributed by atoms with van der Waals surface area (Å²) in [6.07, 6.45) is 3.73. The van der Waals surface area contributed by atoms with Crippen LogP contribution in [0, 0.1) is 0 Å². The maximum Gasteiger partial charge on any atom is 0.163 e. The van der Waals surface area contributed by atoms with Crippen LogP contribution in [0.5, 0.6) is 0 Å². The molecule has 142 valence electrons. The Morgan fingerprint density at radius 2 is 1.61 bits per heavy atom. The van der Waals surface area contributed by atoms with Crippen LogP contribution in [0.2, 0.25) is 0 Å². The molecule has 4 heterocycles. The Morgan fingerprint density at radius 1 is 0.857 bits per heavy atom. The lowest BCUT2D eigenvalue weighted by Crippen LogP contribution is -2.45. The number of rotatable bonds is 5. The average Bonchev–Trinajstić information content (AvgIpc) is 3.37. The summed E-state index contributed by atoms with van der Waals surface area (Å²) < 4.78 is 7.31. The van der Waals surface area contributed by atoms with Gasteiger partial charge in [0.15, 0.2) is 10.8 Å². The second-order valence-electron chi connectivity index (χ2n) is 7.16. The summed E-state index contributed by atoms with van der Waals surface area (Å²) in [5.41, 5.74) is 2.36. The molecule has 0 radical (unpaired) electrons. The molecular formula is C22H22N4OS. The van der Waals surface area contributed by atoms with Crippen molar-refractivity contribution in [3.8, 4) is 10.8 Å². The third kappa shape index (κ3) is 3.85. The summed E-state index contributed by atoms with van der Waals surface area (Å²) in [5, 5.41) is 0.953. The number of nitrogens with zero attached hydrogens (tertiary/aromatic N) is 4. The molecule has 1 aromatic carbocycles. The van der Waals surface area contributed by atoms with E-state index in [1.165, 1.54) is 10.3 Å². The van der Waals surface area contributed by atoms with Crippen molar-refractivity contribution in [3.63, 3.8) is 0 Å². The van der Waals surface area contributed by atoms with Gasteiger partial charge in [-0.1, -0.05) is 12.1 Å². The number of benzene rings is 1. The minimum absolute atomic E-state index is 0.855. The van der Waals surface area contributed by atoms with Crippen LogP contribution in [-0.4, -0.2) is 45.9 Å². The summed E-state index contributed by atoms with van der Waals surface area (Å²) >= 11 is 1.68. The average molecular weight is 391 g/mol. The van der Waals surface area contributed by atoms with Gasteiger partial charge in [0.05, 0.1) is 16.8 Å².